The molecule has 3 N–H and O–H groups in total. The zero-order chi connectivity index (χ0) is 17.3. The Morgan fingerprint density at radius 1 is 1.33 bits per heavy atom. The van der Waals surface area contributed by atoms with E-state index in [2.05, 4.69) is 11.9 Å². The Morgan fingerprint density at radius 3 is 2.79 bits per heavy atom. The molecule has 0 saturated carbocycles. The molecule has 1 aliphatic heterocycles. The summed E-state index contributed by atoms with van der Waals surface area (Å²) in [4.78, 5) is 14.4. The summed E-state index contributed by atoms with van der Waals surface area (Å²) in [6.07, 6.45) is 1.11. The third-order valence-electron chi connectivity index (χ3n) is 3.96. The van der Waals surface area contributed by atoms with Crippen LogP contribution in [0.5, 0.6) is 17.2 Å². The maximum Gasteiger partial charge on any atom is 0.258 e. The van der Waals surface area contributed by atoms with Crippen LogP contribution in [0.25, 0.3) is 0 Å². The summed E-state index contributed by atoms with van der Waals surface area (Å²) in [6, 6.07) is 10.2. The van der Waals surface area contributed by atoms with Crippen molar-refractivity contribution in [2.45, 2.75) is 6.17 Å². The van der Waals surface area contributed by atoms with Gasteiger partial charge in [0.2, 0.25) is 5.75 Å². The van der Waals surface area contributed by atoms with Gasteiger partial charge in [-0.2, -0.15) is 0 Å². The second kappa shape index (κ2) is 6.16. The third kappa shape index (κ3) is 2.52. The van der Waals surface area contributed by atoms with Gasteiger partial charge in [0.1, 0.15) is 6.17 Å². The lowest BCUT2D eigenvalue weighted by molar-refractivity contribution is 0.0707. The monoisotopic (exact) mass is 326 g/mol. The predicted molar refractivity (Wildman–Crippen MR) is 90.4 cm³/mol. The highest BCUT2D eigenvalue weighted by molar-refractivity contribution is 6.01. The van der Waals surface area contributed by atoms with E-state index in [0.29, 0.717) is 23.4 Å². The molecule has 0 aromatic heterocycles. The molecule has 0 bridgehead atoms. The minimum absolute atomic E-state index is 0.136. The van der Waals surface area contributed by atoms with Gasteiger partial charge in [-0.3, -0.25) is 4.79 Å². The minimum Gasteiger partial charge on any atom is -0.504 e. The van der Waals surface area contributed by atoms with Crippen molar-refractivity contribution >= 4 is 11.6 Å². The molecule has 1 atom stereocenters. The van der Waals surface area contributed by atoms with E-state index in [4.69, 9.17) is 4.74 Å². The van der Waals surface area contributed by atoms with Gasteiger partial charge in [-0.05, 0) is 24.3 Å². The van der Waals surface area contributed by atoms with E-state index in [1.54, 1.807) is 29.2 Å². The van der Waals surface area contributed by atoms with Crippen LogP contribution in [0.15, 0.2) is 49.1 Å². The van der Waals surface area contributed by atoms with Gasteiger partial charge in [0.05, 0.1) is 12.7 Å². The molecule has 0 unspecified atom stereocenters. The van der Waals surface area contributed by atoms with Crippen molar-refractivity contribution < 1.29 is 19.7 Å². The molecule has 6 heteroatoms. The van der Waals surface area contributed by atoms with Gasteiger partial charge < -0.3 is 25.2 Å². The molecular weight excluding hydrogens is 308 g/mol. The van der Waals surface area contributed by atoms with E-state index in [9.17, 15) is 15.0 Å². The maximum absolute atomic E-state index is 12.8. The second-order valence-electron chi connectivity index (χ2n) is 5.43. The molecule has 0 aliphatic carbocycles. The lowest BCUT2D eigenvalue weighted by Gasteiger charge is -2.37. The number of ether oxygens (including phenoxy) is 1. The van der Waals surface area contributed by atoms with Crippen LogP contribution < -0.4 is 10.1 Å². The van der Waals surface area contributed by atoms with Crippen LogP contribution >= 0.6 is 0 Å². The van der Waals surface area contributed by atoms with Crippen LogP contribution in [0.2, 0.25) is 0 Å². The standard InChI is InChI=1S/C18H18N2O4/c1-3-8-20-17(11-9-14(21)16(22)15(10-11)24-2)19-13-7-5-4-6-12(13)18(20)23/h3-7,9-10,17,19,21-22H,1,8H2,2H3/t17-/m0/s1. The maximum atomic E-state index is 12.8. The quantitative estimate of drug-likeness (QED) is 0.594. The van der Waals surface area contributed by atoms with E-state index in [0.717, 1.165) is 0 Å². The first kappa shape index (κ1) is 15.7. The van der Waals surface area contributed by atoms with Crippen LogP contribution in [0.3, 0.4) is 0 Å². The van der Waals surface area contributed by atoms with Crippen LogP contribution in [-0.4, -0.2) is 34.7 Å². The Bertz CT molecular complexity index is 804. The summed E-state index contributed by atoms with van der Waals surface area (Å²) in [5.41, 5.74) is 1.87. The number of phenols is 2. The SMILES string of the molecule is C=CCN1C(=O)c2ccccc2N[C@@H]1c1cc(O)c(O)c(OC)c1. The molecule has 3 rings (SSSR count). The Morgan fingerprint density at radius 2 is 2.08 bits per heavy atom. The average Bonchev–Trinajstić information content (AvgIpc) is 2.59. The van der Waals surface area contributed by atoms with E-state index < -0.39 is 6.17 Å². The summed E-state index contributed by atoms with van der Waals surface area (Å²) in [5, 5.41) is 23.0. The topological polar surface area (TPSA) is 82.0 Å². The highest BCUT2D eigenvalue weighted by Gasteiger charge is 2.32. The number of aromatic hydroxyl groups is 2. The fourth-order valence-electron chi connectivity index (χ4n) is 2.81. The number of nitrogens with one attached hydrogen (secondary N) is 1. The molecule has 1 amide bonds. The summed E-state index contributed by atoms with van der Waals surface area (Å²) in [5.74, 6) is -0.646. The number of fused-ring (bicyclic) bond motifs is 1. The first-order valence-corrected chi connectivity index (χ1v) is 7.44. The number of nitrogens with zero attached hydrogens (tertiary/aromatic N) is 1. The highest BCUT2D eigenvalue weighted by atomic mass is 16.5. The number of carbonyl (C=O) groups excluding carboxylic acids is 1. The van der Waals surface area contributed by atoms with Crippen LogP contribution in [0.4, 0.5) is 5.69 Å². The normalized spacial score (nSPS) is 16.3. The Hall–Kier alpha value is -3.15. The summed E-state index contributed by atoms with van der Waals surface area (Å²) >= 11 is 0. The minimum atomic E-state index is -0.522. The fourth-order valence-corrected chi connectivity index (χ4v) is 2.81. The molecule has 1 heterocycles. The molecule has 2 aromatic carbocycles. The highest BCUT2D eigenvalue weighted by Crippen LogP contribution is 2.41. The number of amides is 1. The van der Waals surface area contributed by atoms with Gasteiger partial charge in [-0.1, -0.05) is 18.2 Å². The van der Waals surface area contributed by atoms with E-state index in [1.165, 1.54) is 13.2 Å². The fraction of sp³-hybridized carbons (Fsp3) is 0.167. The summed E-state index contributed by atoms with van der Waals surface area (Å²) in [7, 11) is 1.40. The largest absolute Gasteiger partial charge is 0.504 e. The molecular formula is C18H18N2O4. The third-order valence-corrected chi connectivity index (χ3v) is 3.96. The van der Waals surface area contributed by atoms with Crippen molar-refractivity contribution in [3.05, 3.63) is 60.2 Å². The summed E-state index contributed by atoms with van der Waals surface area (Å²) < 4.78 is 5.09. The van der Waals surface area contributed by atoms with Crippen LogP contribution in [0.1, 0.15) is 22.1 Å². The van der Waals surface area contributed by atoms with E-state index in [-0.39, 0.29) is 23.2 Å². The predicted octanol–water partition coefficient (Wildman–Crippen LogP) is 2.86. The molecule has 6 nitrogen and oxygen atoms in total. The number of anilines is 1. The van der Waals surface area contributed by atoms with Crippen molar-refractivity contribution in [3.8, 4) is 17.2 Å². The zero-order valence-corrected chi connectivity index (χ0v) is 13.2. The van der Waals surface area contributed by atoms with Gasteiger partial charge in [0.25, 0.3) is 5.91 Å². The Balaban J connectivity index is 2.10. The van der Waals surface area contributed by atoms with Gasteiger partial charge >= 0.3 is 0 Å². The summed E-state index contributed by atoms with van der Waals surface area (Å²) in [6.45, 7) is 4.03. The molecule has 2 aromatic rings. The van der Waals surface area contributed by atoms with E-state index >= 15 is 0 Å². The Kier molecular flexibility index (Phi) is 4.04. The van der Waals surface area contributed by atoms with Crippen molar-refractivity contribution in [1.29, 1.82) is 0 Å². The molecule has 1 aliphatic rings. The van der Waals surface area contributed by atoms with Crippen LogP contribution in [0, 0.1) is 0 Å². The number of rotatable bonds is 4. The average molecular weight is 326 g/mol. The van der Waals surface area contributed by atoms with Crippen molar-refractivity contribution in [2.75, 3.05) is 19.0 Å². The lowest BCUT2D eigenvalue weighted by Crippen LogP contribution is -2.42. The molecule has 0 spiro atoms. The second-order valence-corrected chi connectivity index (χ2v) is 5.43. The zero-order valence-electron chi connectivity index (χ0n) is 13.2. The number of methoxy groups -OCH3 is 1. The van der Waals surface area contributed by atoms with Gasteiger partial charge in [0.15, 0.2) is 11.5 Å². The van der Waals surface area contributed by atoms with Crippen molar-refractivity contribution in [3.63, 3.8) is 0 Å². The molecule has 124 valence electrons. The lowest BCUT2D eigenvalue weighted by atomic mass is 10.0. The van der Waals surface area contributed by atoms with Gasteiger partial charge in [-0.25, -0.2) is 0 Å². The number of hydrogen-bond acceptors (Lipinski definition) is 5. The smallest absolute Gasteiger partial charge is 0.258 e. The molecule has 0 radical (unpaired) electrons. The van der Waals surface area contributed by atoms with Crippen LogP contribution in [-0.2, 0) is 0 Å². The number of para-hydroxylation sites is 1. The first-order valence-electron chi connectivity index (χ1n) is 7.44. The molecule has 0 saturated heterocycles. The number of hydrogen-bond donors (Lipinski definition) is 3. The van der Waals surface area contributed by atoms with Crippen molar-refractivity contribution in [2.24, 2.45) is 0 Å². The Labute approximate surface area is 139 Å². The first-order chi connectivity index (χ1) is 11.6. The van der Waals surface area contributed by atoms with Gasteiger partial charge in [0, 0.05) is 17.8 Å². The molecule has 0 fully saturated rings. The van der Waals surface area contributed by atoms with Gasteiger partial charge in [-0.15, -0.1) is 6.58 Å². The number of carbonyl (C=O) groups is 1. The van der Waals surface area contributed by atoms with E-state index in [1.807, 2.05) is 12.1 Å². The number of phenolic OH excluding ortho intramolecular Hbond substituents is 2. The molecule has 24 heavy (non-hydrogen) atoms. The number of benzene rings is 2. The van der Waals surface area contributed by atoms with Crippen molar-refractivity contribution in [1.82, 2.24) is 4.90 Å².